The van der Waals surface area contributed by atoms with Gasteiger partial charge in [-0.05, 0) is 31.2 Å². The van der Waals surface area contributed by atoms with E-state index in [9.17, 15) is 9.18 Å². The number of benzene rings is 1. The molecule has 6 heteroatoms. The molecule has 0 aliphatic carbocycles. The van der Waals surface area contributed by atoms with E-state index >= 15 is 0 Å². The van der Waals surface area contributed by atoms with E-state index < -0.39 is 5.97 Å². The summed E-state index contributed by atoms with van der Waals surface area (Å²) in [4.78, 5) is 14.8. The average Bonchev–Trinajstić information content (AvgIpc) is 2.49. The molecule has 0 bridgehead atoms. The van der Waals surface area contributed by atoms with Crippen LogP contribution in [-0.4, -0.2) is 58.5 Å². The number of ether oxygens (including phenoxy) is 2. The highest BCUT2D eigenvalue weighted by Crippen LogP contribution is 2.10. The average molecular weight is 312 g/mol. The lowest BCUT2D eigenvalue weighted by molar-refractivity contribution is -1.00. The van der Waals surface area contributed by atoms with Crippen LogP contribution in [0.2, 0.25) is 0 Å². The fraction of sp³-hybridized carbons (Fsp3) is 0.562. The van der Waals surface area contributed by atoms with Crippen molar-refractivity contribution in [3.63, 3.8) is 0 Å². The Kier molecular flexibility index (Phi) is 6.15. The van der Waals surface area contributed by atoms with E-state index in [-0.39, 0.29) is 18.5 Å². The molecule has 0 radical (unpaired) electrons. The minimum absolute atomic E-state index is 0.127. The van der Waals surface area contributed by atoms with Crippen LogP contribution in [0.3, 0.4) is 0 Å². The van der Waals surface area contributed by atoms with E-state index in [1.807, 2.05) is 6.92 Å². The third kappa shape index (κ3) is 5.61. The predicted octanol–water partition coefficient (Wildman–Crippen LogP) is -1.45. The topological polar surface area (TPSA) is 44.4 Å². The van der Waals surface area contributed by atoms with Gasteiger partial charge in [0.25, 0.3) is 0 Å². The molecule has 2 N–H and O–H groups in total. The maximum absolute atomic E-state index is 12.8. The van der Waals surface area contributed by atoms with Gasteiger partial charge in [0, 0.05) is 0 Å². The quantitative estimate of drug-likeness (QED) is 0.632. The van der Waals surface area contributed by atoms with Crippen LogP contribution in [0.4, 0.5) is 4.39 Å². The molecule has 1 aliphatic rings. The van der Waals surface area contributed by atoms with Crippen molar-refractivity contribution in [1.29, 1.82) is 0 Å². The number of carbonyl (C=O) groups is 1. The van der Waals surface area contributed by atoms with Gasteiger partial charge in [0.05, 0.1) is 7.05 Å². The van der Waals surface area contributed by atoms with E-state index in [1.54, 1.807) is 4.90 Å². The fourth-order valence-electron chi connectivity index (χ4n) is 2.61. The Hall–Kier alpha value is -1.66. The van der Waals surface area contributed by atoms with Crippen LogP contribution in [0.5, 0.6) is 5.75 Å². The summed E-state index contributed by atoms with van der Waals surface area (Å²) in [5, 5.41) is 0. The van der Waals surface area contributed by atoms with Gasteiger partial charge in [-0.3, -0.25) is 0 Å². The first-order chi connectivity index (χ1) is 10.5. The van der Waals surface area contributed by atoms with Crippen LogP contribution in [0.15, 0.2) is 24.3 Å². The number of halogens is 1. The third-order valence-corrected chi connectivity index (χ3v) is 3.89. The van der Waals surface area contributed by atoms with Crippen molar-refractivity contribution in [2.24, 2.45) is 0 Å². The zero-order valence-electron chi connectivity index (χ0n) is 13.2. The zero-order chi connectivity index (χ0) is 15.9. The predicted molar refractivity (Wildman–Crippen MR) is 79.6 cm³/mol. The Balaban J connectivity index is 1.66. The maximum Gasteiger partial charge on any atom is 0.344 e. The van der Waals surface area contributed by atoms with Crippen molar-refractivity contribution >= 4 is 5.97 Å². The molecule has 1 atom stereocenters. The maximum atomic E-state index is 12.8. The molecule has 122 valence electrons. The van der Waals surface area contributed by atoms with Crippen LogP contribution < -0.4 is 14.5 Å². The first-order valence-electron chi connectivity index (χ1n) is 7.75. The molecule has 0 saturated carbocycles. The van der Waals surface area contributed by atoms with Crippen molar-refractivity contribution in [2.45, 2.75) is 13.0 Å². The van der Waals surface area contributed by atoms with Crippen LogP contribution in [0.1, 0.15) is 6.92 Å². The van der Waals surface area contributed by atoms with E-state index in [1.165, 1.54) is 29.2 Å². The molecule has 0 amide bonds. The first-order valence-corrected chi connectivity index (χ1v) is 7.75. The van der Waals surface area contributed by atoms with Gasteiger partial charge in [0.15, 0.2) is 6.61 Å². The highest BCUT2D eigenvalue weighted by Gasteiger charge is 2.23. The molecule has 2 rings (SSSR count). The standard InChI is InChI=1S/C16H23FN2O3/c1-13(11-19-9-7-18(2)8-10-19)22-16(20)12-21-15-5-3-14(17)4-6-15/h3-6,13H,7-12H2,1-2H3/p+2/t13-/m0/s1. The Morgan fingerprint density at radius 3 is 2.50 bits per heavy atom. The van der Waals surface area contributed by atoms with Gasteiger partial charge < -0.3 is 19.3 Å². The smallest absolute Gasteiger partial charge is 0.344 e. The van der Waals surface area contributed by atoms with Crippen LogP contribution in [0, 0.1) is 5.82 Å². The molecule has 1 aliphatic heterocycles. The number of carbonyl (C=O) groups excluding carboxylic acids is 1. The molecule has 0 aromatic heterocycles. The highest BCUT2D eigenvalue weighted by atomic mass is 19.1. The van der Waals surface area contributed by atoms with Gasteiger partial charge in [-0.15, -0.1) is 0 Å². The van der Waals surface area contributed by atoms with E-state index in [4.69, 9.17) is 9.47 Å². The van der Waals surface area contributed by atoms with E-state index in [0.29, 0.717) is 5.75 Å². The Bertz CT molecular complexity index is 473. The van der Waals surface area contributed by atoms with E-state index in [2.05, 4.69) is 7.05 Å². The molecule has 1 aromatic rings. The number of hydrogen-bond acceptors (Lipinski definition) is 3. The normalized spacial score (nSPS) is 22.9. The molecular formula is C16H25FN2O3+2. The Labute approximate surface area is 130 Å². The second kappa shape index (κ2) is 8.10. The summed E-state index contributed by atoms with van der Waals surface area (Å²) in [6.45, 7) is 7.12. The fourth-order valence-corrected chi connectivity index (χ4v) is 2.61. The molecule has 1 aromatic carbocycles. The Morgan fingerprint density at radius 1 is 1.23 bits per heavy atom. The number of hydrogen-bond donors (Lipinski definition) is 2. The molecule has 0 unspecified atom stereocenters. The molecule has 1 fully saturated rings. The lowest BCUT2D eigenvalue weighted by Crippen LogP contribution is -3.27. The number of piperazine rings is 1. The minimum atomic E-state index is -0.393. The van der Waals surface area contributed by atoms with E-state index in [0.717, 1.165) is 32.7 Å². The molecule has 1 heterocycles. The van der Waals surface area contributed by atoms with Gasteiger partial charge in [0.2, 0.25) is 0 Å². The van der Waals surface area contributed by atoms with Crippen LogP contribution >= 0.6 is 0 Å². The van der Waals surface area contributed by atoms with Crippen molar-refractivity contribution in [2.75, 3.05) is 46.4 Å². The number of esters is 1. The van der Waals surface area contributed by atoms with Crippen molar-refractivity contribution in [3.8, 4) is 5.75 Å². The van der Waals surface area contributed by atoms with Gasteiger partial charge in [-0.1, -0.05) is 0 Å². The van der Waals surface area contributed by atoms with Crippen molar-refractivity contribution < 1.29 is 28.5 Å². The first kappa shape index (κ1) is 16.7. The van der Waals surface area contributed by atoms with Crippen LogP contribution in [-0.2, 0) is 9.53 Å². The zero-order valence-corrected chi connectivity index (χ0v) is 13.2. The summed E-state index contributed by atoms with van der Waals surface area (Å²) < 4.78 is 23.4. The number of likely N-dealkylation sites (N-methyl/N-ethyl adjacent to an activating group) is 1. The van der Waals surface area contributed by atoms with Gasteiger partial charge >= 0.3 is 5.97 Å². The summed E-state index contributed by atoms with van der Waals surface area (Å²) in [5.41, 5.74) is 0. The SMILES string of the molecule is C[C@@H](C[NH+]1CC[NH+](C)CC1)OC(=O)COc1ccc(F)cc1. The monoisotopic (exact) mass is 312 g/mol. The second-order valence-electron chi connectivity index (χ2n) is 5.95. The Morgan fingerprint density at radius 2 is 1.86 bits per heavy atom. The largest absolute Gasteiger partial charge is 0.482 e. The summed E-state index contributed by atoms with van der Waals surface area (Å²) in [6.07, 6.45) is -0.127. The van der Waals surface area contributed by atoms with Crippen molar-refractivity contribution in [3.05, 3.63) is 30.1 Å². The van der Waals surface area contributed by atoms with Gasteiger partial charge in [0.1, 0.15) is 50.4 Å². The number of nitrogens with one attached hydrogen (secondary N) is 2. The molecule has 1 saturated heterocycles. The summed E-state index contributed by atoms with van der Waals surface area (Å²) in [7, 11) is 2.20. The van der Waals surface area contributed by atoms with Crippen LogP contribution in [0.25, 0.3) is 0 Å². The summed E-state index contributed by atoms with van der Waals surface area (Å²) in [6, 6.07) is 5.57. The van der Waals surface area contributed by atoms with Crippen molar-refractivity contribution in [1.82, 2.24) is 0 Å². The highest BCUT2D eigenvalue weighted by molar-refractivity contribution is 5.71. The minimum Gasteiger partial charge on any atom is -0.482 e. The number of quaternary nitrogens is 2. The molecule has 22 heavy (non-hydrogen) atoms. The third-order valence-electron chi connectivity index (χ3n) is 3.89. The second-order valence-corrected chi connectivity index (χ2v) is 5.95. The summed E-state index contributed by atoms with van der Waals surface area (Å²) in [5.74, 6) is -0.268. The molecule has 5 nitrogen and oxygen atoms in total. The summed E-state index contributed by atoms with van der Waals surface area (Å²) >= 11 is 0. The number of rotatable bonds is 6. The lowest BCUT2D eigenvalue weighted by Gasteiger charge is -2.28. The lowest BCUT2D eigenvalue weighted by atomic mass is 10.3. The van der Waals surface area contributed by atoms with Gasteiger partial charge in [-0.25, -0.2) is 9.18 Å². The molecular weight excluding hydrogens is 287 g/mol. The van der Waals surface area contributed by atoms with Gasteiger partial charge in [-0.2, -0.15) is 0 Å². The molecule has 0 spiro atoms.